The summed E-state index contributed by atoms with van der Waals surface area (Å²) in [5.41, 5.74) is 1.31. The minimum Gasteiger partial charge on any atom is -0.387 e. The minimum absolute atomic E-state index is 0.220. The monoisotopic (exact) mass is 364 g/mol. The number of rotatable bonds is 4. The van der Waals surface area contributed by atoms with E-state index in [4.69, 9.17) is 23.2 Å². The number of β-amino-alcohol motifs (C(OH)–C–C–N with tert-alkyl or cyclic N) is 1. The van der Waals surface area contributed by atoms with E-state index in [0.717, 1.165) is 17.7 Å². The van der Waals surface area contributed by atoms with Gasteiger partial charge in [-0.25, -0.2) is 0 Å². The molecule has 2 aromatic rings. The number of halogens is 2. The first-order valence-corrected chi connectivity index (χ1v) is 8.49. The molecule has 1 amide bonds. The molecule has 1 saturated heterocycles. The summed E-state index contributed by atoms with van der Waals surface area (Å²) >= 11 is 12.2. The quantitative estimate of drug-likeness (QED) is 0.780. The Morgan fingerprint density at radius 2 is 2.08 bits per heavy atom. The molecule has 4 nitrogen and oxygen atoms in total. The van der Waals surface area contributed by atoms with Crippen LogP contribution < -0.4 is 10.6 Å². The first kappa shape index (κ1) is 17.2. The molecule has 1 aliphatic rings. The van der Waals surface area contributed by atoms with E-state index in [1.807, 2.05) is 12.1 Å². The van der Waals surface area contributed by atoms with Gasteiger partial charge in [-0.1, -0.05) is 41.4 Å². The van der Waals surface area contributed by atoms with E-state index in [9.17, 15) is 9.90 Å². The Hall–Kier alpha value is -1.59. The van der Waals surface area contributed by atoms with Crippen molar-refractivity contribution in [3.63, 3.8) is 0 Å². The van der Waals surface area contributed by atoms with Gasteiger partial charge >= 0.3 is 0 Å². The highest BCUT2D eigenvalue weighted by molar-refractivity contribution is 6.36. The first-order valence-electron chi connectivity index (χ1n) is 7.74. The summed E-state index contributed by atoms with van der Waals surface area (Å²) in [7, 11) is 0. The van der Waals surface area contributed by atoms with Crippen molar-refractivity contribution in [1.82, 2.24) is 10.6 Å². The Morgan fingerprint density at radius 3 is 2.79 bits per heavy atom. The molecule has 0 bridgehead atoms. The van der Waals surface area contributed by atoms with E-state index in [-0.39, 0.29) is 12.5 Å². The fourth-order valence-electron chi connectivity index (χ4n) is 2.78. The lowest BCUT2D eigenvalue weighted by atomic mass is 10.0. The average molecular weight is 365 g/mol. The van der Waals surface area contributed by atoms with Crippen molar-refractivity contribution in [3.05, 3.63) is 58.1 Å². The van der Waals surface area contributed by atoms with Gasteiger partial charge in [-0.15, -0.1) is 0 Å². The maximum Gasteiger partial charge on any atom is 0.251 e. The molecule has 1 heterocycles. The predicted molar refractivity (Wildman–Crippen MR) is 96.7 cm³/mol. The van der Waals surface area contributed by atoms with Crippen LogP contribution in [0.1, 0.15) is 16.8 Å². The second-order valence-corrected chi connectivity index (χ2v) is 6.88. The van der Waals surface area contributed by atoms with Crippen LogP contribution in [0.15, 0.2) is 42.5 Å². The molecule has 0 aliphatic carbocycles. The summed E-state index contributed by atoms with van der Waals surface area (Å²) in [5, 5.41) is 17.3. The third-order valence-corrected chi connectivity index (χ3v) is 4.71. The standard InChI is InChI=1S/C18H18Cl2N2O2/c19-14-4-5-15(16(20)9-14)12-2-1-3-13(8-12)17(23)22-11-18(24)6-7-21-10-18/h1-5,8-9,21,24H,6-7,10-11H2,(H,22,23). The number of amides is 1. The Labute approximate surface area is 150 Å². The van der Waals surface area contributed by atoms with Crippen LogP contribution in [-0.4, -0.2) is 36.2 Å². The maximum absolute atomic E-state index is 12.4. The molecule has 0 radical (unpaired) electrons. The Kier molecular flexibility index (Phi) is 5.11. The van der Waals surface area contributed by atoms with Gasteiger partial charge in [0.15, 0.2) is 0 Å². The normalized spacial score (nSPS) is 20.1. The van der Waals surface area contributed by atoms with Gasteiger partial charge in [0.1, 0.15) is 0 Å². The molecule has 1 atom stereocenters. The van der Waals surface area contributed by atoms with Crippen LogP contribution in [0.5, 0.6) is 0 Å². The molecule has 0 saturated carbocycles. The van der Waals surface area contributed by atoms with Gasteiger partial charge < -0.3 is 15.7 Å². The fraction of sp³-hybridized carbons (Fsp3) is 0.278. The average Bonchev–Trinajstić information content (AvgIpc) is 3.00. The van der Waals surface area contributed by atoms with Crippen molar-refractivity contribution in [2.24, 2.45) is 0 Å². The molecule has 24 heavy (non-hydrogen) atoms. The van der Waals surface area contributed by atoms with Crippen molar-refractivity contribution in [1.29, 1.82) is 0 Å². The highest BCUT2D eigenvalue weighted by Crippen LogP contribution is 2.30. The topological polar surface area (TPSA) is 61.4 Å². The second-order valence-electron chi connectivity index (χ2n) is 6.04. The predicted octanol–water partition coefficient (Wildman–Crippen LogP) is 3.11. The zero-order valence-electron chi connectivity index (χ0n) is 13.0. The molecule has 0 spiro atoms. The highest BCUT2D eigenvalue weighted by Gasteiger charge is 2.31. The lowest BCUT2D eigenvalue weighted by Gasteiger charge is -2.21. The van der Waals surface area contributed by atoms with E-state index in [1.54, 1.807) is 30.3 Å². The Morgan fingerprint density at radius 1 is 1.25 bits per heavy atom. The molecular formula is C18H18Cl2N2O2. The van der Waals surface area contributed by atoms with Crippen LogP contribution in [0.2, 0.25) is 10.0 Å². The van der Waals surface area contributed by atoms with Crippen molar-refractivity contribution in [3.8, 4) is 11.1 Å². The van der Waals surface area contributed by atoms with Crippen molar-refractivity contribution < 1.29 is 9.90 Å². The molecule has 0 aromatic heterocycles. The summed E-state index contributed by atoms with van der Waals surface area (Å²) in [6.45, 7) is 1.48. The van der Waals surface area contributed by atoms with Gasteiger partial charge in [0, 0.05) is 34.3 Å². The van der Waals surface area contributed by atoms with Gasteiger partial charge in [0.25, 0.3) is 5.91 Å². The minimum atomic E-state index is -0.868. The zero-order chi connectivity index (χ0) is 17.2. The van der Waals surface area contributed by atoms with Gasteiger partial charge in [0.05, 0.1) is 5.60 Å². The largest absolute Gasteiger partial charge is 0.387 e. The van der Waals surface area contributed by atoms with Gasteiger partial charge in [-0.2, -0.15) is 0 Å². The van der Waals surface area contributed by atoms with E-state index >= 15 is 0 Å². The molecule has 2 aromatic carbocycles. The molecular weight excluding hydrogens is 347 g/mol. The molecule has 1 fully saturated rings. The number of benzene rings is 2. The zero-order valence-corrected chi connectivity index (χ0v) is 14.5. The molecule has 126 valence electrons. The molecule has 1 aliphatic heterocycles. The third kappa shape index (κ3) is 3.90. The Bertz CT molecular complexity index is 758. The number of hydrogen-bond acceptors (Lipinski definition) is 3. The lowest BCUT2D eigenvalue weighted by molar-refractivity contribution is 0.0562. The molecule has 3 rings (SSSR count). The van der Waals surface area contributed by atoms with E-state index in [0.29, 0.717) is 28.6 Å². The Balaban J connectivity index is 1.76. The molecule has 1 unspecified atom stereocenters. The van der Waals surface area contributed by atoms with Gasteiger partial charge in [-0.3, -0.25) is 4.79 Å². The van der Waals surface area contributed by atoms with Gasteiger partial charge in [0.2, 0.25) is 0 Å². The van der Waals surface area contributed by atoms with Crippen molar-refractivity contribution in [2.75, 3.05) is 19.6 Å². The van der Waals surface area contributed by atoms with Crippen LogP contribution in [0.3, 0.4) is 0 Å². The van der Waals surface area contributed by atoms with Crippen LogP contribution in [-0.2, 0) is 0 Å². The summed E-state index contributed by atoms with van der Waals surface area (Å²) in [6.07, 6.45) is 0.633. The van der Waals surface area contributed by atoms with E-state index < -0.39 is 5.60 Å². The fourth-order valence-corrected chi connectivity index (χ4v) is 3.30. The summed E-state index contributed by atoms with van der Waals surface area (Å²) in [6, 6.07) is 12.5. The van der Waals surface area contributed by atoms with Crippen LogP contribution in [0.4, 0.5) is 0 Å². The number of aliphatic hydroxyl groups is 1. The summed E-state index contributed by atoms with van der Waals surface area (Å²) in [5.74, 6) is -0.220. The number of nitrogens with one attached hydrogen (secondary N) is 2. The van der Waals surface area contributed by atoms with Gasteiger partial charge in [-0.05, 0) is 42.8 Å². The van der Waals surface area contributed by atoms with Crippen LogP contribution in [0.25, 0.3) is 11.1 Å². The molecule has 6 heteroatoms. The third-order valence-electron chi connectivity index (χ3n) is 4.17. The smallest absolute Gasteiger partial charge is 0.251 e. The second kappa shape index (κ2) is 7.11. The van der Waals surface area contributed by atoms with Crippen molar-refractivity contribution >= 4 is 29.1 Å². The van der Waals surface area contributed by atoms with Crippen LogP contribution in [0, 0.1) is 0 Å². The van der Waals surface area contributed by atoms with Crippen LogP contribution >= 0.6 is 23.2 Å². The van der Waals surface area contributed by atoms with Crippen molar-refractivity contribution in [2.45, 2.75) is 12.0 Å². The number of hydrogen-bond donors (Lipinski definition) is 3. The van der Waals surface area contributed by atoms with E-state index in [1.165, 1.54) is 0 Å². The number of carbonyl (C=O) groups is 1. The summed E-state index contributed by atoms with van der Waals surface area (Å²) in [4.78, 5) is 12.4. The SMILES string of the molecule is O=C(NCC1(O)CCNC1)c1cccc(-c2ccc(Cl)cc2Cl)c1. The van der Waals surface area contributed by atoms with E-state index in [2.05, 4.69) is 10.6 Å². The molecule has 3 N–H and O–H groups in total. The number of carbonyl (C=O) groups excluding carboxylic acids is 1. The highest BCUT2D eigenvalue weighted by atomic mass is 35.5. The summed E-state index contributed by atoms with van der Waals surface area (Å²) < 4.78 is 0. The lowest BCUT2D eigenvalue weighted by Crippen LogP contribution is -2.44. The first-order chi connectivity index (χ1) is 11.5. The maximum atomic E-state index is 12.4.